The van der Waals surface area contributed by atoms with Crippen molar-refractivity contribution in [2.45, 2.75) is 38.2 Å². The molecule has 0 bridgehead atoms. The minimum Gasteiger partial charge on any atom is -0.496 e. The normalized spacial score (nSPS) is 23.1. The highest BCUT2D eigenvalue weighted by Gasteiger charge is 2.40. The highest BCUT2D eigenvalue weighted by atomic mass is 19.3. The number of nitrogens with two attached hydrogens (primary N) is 1. The molecule has 1 aromatic carbocycles. The minimum absolute atomic E-state index is 0.0299. The number of halogens is 2. The number of ether oxygens (including phenoxy) is 1. The SMILES string of the molecule is COc1cc(C(=O)N2C[C@H]3CN(C)C[C@H]3C2)ccc1Cn1ncc2nc(N)nc(NCC3CCC(F)(F)CC3)c21. The number of carbonyl (C=O) groups is 1. The molecule has 2 aliphatic heterocycles. The Labute approximate surface area is 231 Å². The minimum atomic E-state index is -2.56. The topological polar surface area (TPSA) is 114 Å². The number of rotatable bonds is 7. The van der Waals surface area contributed by atoms with Crippen LogP contribution in [0.1, 0.15) is 41.6 Å². The van der Waals surface area contributed by atoms with Gasteiger partial charge in [-0.1, -0.05) is 6.07 Å². The quantitative estimate of drug-likeness (QED) is 0.457. The number of nitrogens with one attached hydrogen (secondary N) is 1. The lowest BCUT2D eigenvalue weighted by Gasteiger charge is -2.28. The molecule has 3 aromatic rings. The monoisotopic (exact) mass is 554 g/mol. The smallest absolute Gasteiger partial charge is 0.254 e. The highest BCUT2D eigenvalue weighted by molar-refractivity contribution is 5.95. The molecule has 40 heavy (non-hydrogen) atoms. The van der Waals surface area contributed by atoms with Gasteiger partial charge in [0.05, 0.1) is 19.9 Å². The summed E-state index contributed by atoms with van der Waals surface area (Å²) in [7, 11) is 3.73. The van der Waals surface area contributed by atoms with E-state index in [-0.39, 0.29) is 30.6 Å². The predicted molar refractivity (Wildman–Crippen MR) is 148 cm³/mol. The van der Waals surface area contributed by atoms with E-state index in [0.29, 0.717) is 65.9 Å². The van der Waals surface area contributed by atoms with Crippen LogP contribution in [0.3, 0.4) is 0 Å². The molecule has 12 heteroatoms. The van der Waals surface area contributed by atoms with Crippen molar-refractivity contribution in [3.8, 4) is 5.75 Å². The first-order valence-corrected chi connectivity index (χ1v) is 13.9. The molecule has 6 rings (SSSR count). The molecule has 1 saturated carbocycles. The van der Waals surface area contributed by atoms with Crippen LogP contribution in [0.25, 0.3) is 11.0 Å². The Morgan fingerprint density at radius 3 is 2.58 bits per heavy atom. The van der Waals surface area contributed by atoms with Crippen LogP contribution in [0.2, 0.25) is 0 Å². The second-order valence-corrected chi connectivity index (χ2v) is 11.6. The zero-order chi connectivity index (χ0) is 28.0. The molecular formula is C28H36F2N8O2. The Bertz CT molecular complexity index is 1390. The summed E-state index contributed by atoms with van der Waals surface area (Å²) in [6.07, 6.45) is 2.37. The molecule has 2 atom stereocenters. The van der Waals surface area contributed by atoms with Crippen molar-refractivity contribution in [3.05, 3.63) is 35.5 Å². The number of carbonyl (C=O) groups excluding carboxylic acids is 1. The van der Waals surface area contributed by atoms with Gasteiger partial charge in [-0.25, -0.2) is 13.8 Å². The Hall–Kier alpha value is -3.54. The molecule has 1 aliphatic carbocycles. The van der Waals surface area contributed by atoms with Crippen molar-refractivity contribution < 1.29 is 18.3 Å². The molecule has 3 fully saturated rings. The molecule has 1 amide bonds. The molecule has 0 spiro atoms. The number of nitrogens with zero attached hydrogens (tertiary/aromatic N) is 6. The third kappa shape index (κ3) is 5.28. The van der Waals surface area contributed by atoms with Gasteiger partial charge in [0.25, 0.3) is 5.91 Å². The molecule has 0 unspecified atom stereocenters. The first-order chi connectivity index (χ1) is 19.2. The summed E-state index contributed by atoms with van der Waals surface area (Å²) in [5.74, 6) is -0.0851. The molecule has 3 aliphatic rings. The van der Waals surface area contributed by atoms with Gasteiger partial charge in [-0.2, -0.15) is 10.1 Å². The van der Waals surface area contributed by atoms with Gasteiger partial charge in [0, 0.05) is 56.7 Å². The molecule has 4 heterocycles. The molecule has 10 nitrogen and oxygen atoms in total. The van der Waals surface area contributed by atoms with Crippen LogP contribution in [-0.4, -0.2) is 88.3 Å². The Balaban J connectivity index is 1.19. The Morgan fingerprint density at radius 1 is 1.15 bits per heavy atom. The van der Waals surface area contributed by atoms with E-state index in [4.69, 9.17) is 10.5 Å². The number of alkyl halides is 2. The van der Waals surface area contributed by atoms with Crippen LogP contribution in [0.15, 0.2) is 24.4 Å². The predicted octanol–water partition coefficient (Wildman–Crippen LogP) is 3.34. The average Bonchev–Trinajstić information content (AvgIpc) is 3.60. The summed E-state index contributed by atoms with van der Waals surface area (Å²) in [6.45, 7) is 4.54. The van der Waals surface area contributed by atoms with Gasteiger partial charge in [0.2, 0.25) is 11.9 Å². The maximum atomic E-state index is 13.6. The van der Waals surface area contributed by atoms with Crippen molar-refractivity contribution in [3.63, 3.8) is 0 Å². The molecular weight excluding hydrogens is 518 g/mol. The lowest BCUT2D eigenvalue weighted by atomic mass is 9.87. The van der Waals surface area contributed by atoms with E-state index < -0.39 is 5.92 Å². The van der Waals surface area contributed by atoms with Gasteiger partial charge in [-0.15, -0.1) is 0 Å². The van der Waals surface area contributed by atoms with Crippen molar-refractivity contribution in [1.29, 1.82) is 0 Å². The third-order valence-electron chi connectivity index (χ3n) is 8.71. The number of benzene rings is 1. The second kappa shape index (κ2) is 10.5. The number of amides is 1. The molecule has 0 radical (unpaired) electrons. The van der Waals surface area contributed by atoms with Gasteiger partial charge >= 0.3 is 0 Å². The van der Waals surface area contributed by atoms with Crippen molar-refractivity contribution >= 4 is 28.7 Å². The zero-order valence-corrected chi connectivity index (χ0v) is 22.9. The third-order valence-corrected chi connectivity index (χ3v) is 8.71. The molecule has 3 N–H and O–H groups in total. The van der Waals surface area contributed by atoms with Gasteiger partial charge in [-0.05, 0) is 49.8 Å². The zero-order valence-electron chi connectivity index (χ0n) is 22.9. The van der Waals surface area contributed by atoms with E-state index >= 15 is 0 Å². The number of nitrogen functional groups attached to an aromatic ring is 1. The highest BCUT2D eigenvalue weighted by Crippen LogP contribution is 2.36. The molecule has 2 saturated heterocycles. The van der Waals surface area contributed by atoms with E-state index in [1.54, 1.807) is 24.1 Å². The van der Waals surface area contributed by atoms with Gasteiger partial charge in [-0.3, -0.25) is 9.48 Å². The summed E-state index contributed by atoms with van der Waals surface area (Å²) in [6, 6.07) is 5.55. The van der Waals surface area contributed by atoms with E-state index in [2.05, 4.69) is 32.3 Å². The van der Waals surface area contributed by atoms with Crippen LogP contribution in [0.5, 0.6) is 5.75 Å². The van der Waals surface area contributed by atoms with Gasteiger partial charge < -0.3 is 25.6 Å². The number of aromatic nitrogens is 4. The fraction of sp³-hybridized carbons (Fsp3) is 0.571. The van der Waals surface area contributed by atoms with Crippen LogP contribution < -0.4 is 15.8 Å². The number of methoxy groups -OCH3 is 1. The second-order valence-electron chi connectivity index (χ2n) is 11.6. The van der Waals surface area contributed by atoms with Crippen LogP contribution in [0.4, 0.5) is 20.5 Å². The van der Waals surface area contributed by atoms with Gasteiger partial charge in [0.1, 0.15) is 16.8 Å². The number of fused-ring (bicyclic) bond motifs is 2. The van der Waals surface area contributed by atoms with Crippen LogP contribution in [0, 0.1) is 17.8 Å². The number of hydrogen-bond acceptors (Lipinski definition) is 8. The summed E-state index contributed by atoms with van der Waals surface area (Å²) in [4.78, 5) is 26.3. The van der Waals surface area contributed by atoms with Crippen molar-refractivity contribution in [1.82, 2.24) is 29.5 Å². The summed E-state index contributed by atoms with van der Waals surface area (Å²) in [5.41, 5.74) is 8.67. The maximum absolute atomic E-state index is 13.6. The summed E-state index contributed by atoms with van der Waals surface area (Å²) < 4.78 is 34.6. The van der Waals surface area contributed by atoms with Gasteiger partial charge in [0.15, 0.2) is 5.82 Å². The number of anilines is 2. The van der Waals surface area contributed by atoms with E-state index in [1.165, 1.54) is 0 Å². The largest absolute Gasteiger partial charge is 0.496 e. The Morgan fingerprint density at radius 2 is 1.88 bits per heavy atom. The van der Waals surface area contributed by atoms with E-state index in [0.717, 1.165) is 31.7 Å². The number of hydrogen-bond donors (Lipinski definition) is 2. The number of likely N-dealkylation sites (tertiary alicyclic amines) is 2. The standard InChI is InChI=1S/C28H36F2N8O2/c1-36-12-20-14-37(15-21(20)13-36)26(39)18-3-4-19(23(9-18)40-2)16-38-24-22(11-33-38)34-27(31)35-25(24)32-10-17-5-7-28(29,30)8-6-17/h3-4,9,11,17,20-21H,5-8,10,12-16H2,1-2H3,(H3,31,32,34,35)/t20-,21+. The first-order valence-electron chi connectivity index (χ1n) is 13.9. The fourth-order valence-electron chi connectivity index (χ4n) is 6.55. The summed E-state index contributed by atoms with van der Waals surface area (Å²) in [5, 5.41) is 7.85. The Kier molecular flexibility index (Phi) is 6.97. The first kappa shape index (κ1) is 26.7. The lowest BCUT2D eigenvalue weighted by Crippen LogP contribution is -2.32. The molecule has 2 aromatic heterocycles. The maximum Gasteiger partial charge on any atom is 0.254 e. The average molecular weight is 555 g/mol. The van der Waals surface area contributed by atoms with Crippen molar-refractivity contribution in [2.75, 3.05) is 57.9 Å². The fourth-order valence-corrected chi connectivity index (χ4v) is 6.55. The lowest BCUT2D eigenvalue weighted by molar-refractivity contribution is -0.0443. The van der Waals surface area contributed by atoms with Crippen LogP contribution in [-0.2, 0) is 6.54 Å². The summed E-state index contributed by atoms with van der Waals surface area (Å²) >= 11 is 0. The van der Waals surface area contributed by atoms with Crippen molar-refractivity contribution in [2.24, 2.45) is 17.8 Å². The van der Waals surface area contributed by atoms with Crippen LogP contribution >= 0.6 is 0 Å². The van der Waals surface area contributed by atoms with E-state index in [1.807, 2.05) is 17.0 Å². The molecule has 214 valence electrons. The van der Waals surface area contributed by atoms with E-state index in [9.17, 15) is 13.6 Å².